The summed E-state index contributed by atoms with van der Waals surface area (Å²) in [4.78, 5) is 30.3. The van der Waals surface area contributed by atoms with Crippen LogP contribution in [0.3, 0.4) is 0 Å². The predicted octanol–water partition coefficient (Wildman–Crippen LogP) is 5.04. The molecule has 5 rings (SSSR count). The van der Waals surface area contributed by atoms with Crippen LogP contribution in [0.2, 0.25) is 0 Å². The maximum atomic E-state index is 13.1. The molecule has 2 amide bonds. The zero-order valence-electron chi connectivity index (χ0n) is 21.3. The molecule has 3 heterocycles. The summed E-state index contributed by atoms with van der Waals surface area (Å²) in [6.07, 6.45) is 9.05. The molecule has 0 saturated heterocycles. The molecule has 1 aliphatic rings. The number of nitrogens with zero attached hydrogens (tertiary/aromatic N) is 4. The van der Waals surface area contributed by atoms with E-state index in [4.69, 9.17) is 0 Å². The molecule has 1 aliphatic heterocycles. The normalized spacial score (nSPS) is 13.3. The zero-order valence-corrected chi connectivity index (χ0v) is 21.3. The Labute approximate surface area is 215 Å². The Morgan fingerprint density at radius 2 is 1.68 bits per heavy atom. The molecular formula is C28H31N7O2. The van der Waals surface area contributed by atoms with Gasteiger partial charge in [0.25, 0.3) is 5.91 Å². The first-order valence-electron chi connectivity index (χ1n) is 12.5. The van der Waals surface area contributed by atoms with Crippen LogP contribution >= 0.6 is 0 Å². The van der Waals surface area contributed by atoms with Crippen LogP contribution in [0.25, 0.3) is 10.9 Å². The molecular weight excluding hydrogens is 466 g/mol. The van der Waals surface area contributed by atoms with Crippen molar-refractivity contribution in [3.05, 3.63) is 83.9 Å². The number of aromatic nitrogens is 3. The highest BCUT2D eigenvalue weighted by molar-refractivity contribution is 6.08. The molecule has 3 N–H and O–H groups in total. The SMILES string of the molecule is CCc1cccc(CC)c1NC(=O)n1cc2[nH]nc(NC(=O)c3ccc(N4C=CN(C)CC4)cc3)c2c1. The predicted molar refractivity (Wildman–Crippen MR) is 147 cm³/mol. The van der Waals surface area contributed by atoms with E-state index in [0.717, 1.165) is 48.4 Å². The Balaban J connectivity index is 1.30. The molecule has 0 unspecified atom stereocenters. The lowest BCUT2D eigenvalue weighted by molar-refractivity contribution is 0.102. The summed E-state index contributed by atoms with van der Waals surface area (Å²) in [5, 5.41) is 13.7. The Bertz CT molecular complexity index is 1440. The van der Waals surface area contributed by atoms with E-state index >= 15 is 0 Å². The number of carbonyl (C=O) groups excluding carboxylic acids is 2. The van der Waals surface area contributed by atoms with Crippen molar-refractivity contribution < 1.29 is 9.59 Å². The summed E-state index contributed by atoms with van der Waals surface area (Å²) < 4.78 is 1.47. The van der Waals surface area contributed by atoms with Crippen molar-refractivity contribution in [3.63, 3.8) is 0 Å². The molecule has 4 aromatic rings. The quantitative estimate of drug-likeness (QED) is 0.347. The number of aromatic amines is 1. The highest BCUT2D eigenvalue weighted by atomic mass is 16.2. The smallest absolute Gasteiger partial charge is 0.330 e. The van der Waals surface area contributed by atoms with Crippen LogP contribution < -0.4 is 15.5 Å². The molecule has 2 aromatic carbocycles. The van der Waals surface area contributed by atoms with Crippen LogP contribution in [0.1, 0.15) is 35.3 Å². The Morgan fingerprint density at radius 3 is 2.32 bits per heavy atom. The minimum absolute atomic E-state index is 0.268. The van der Waals surface area contributed by atoms with Crippen molar-refractivity contribution >= 4 is 40.0 Å². The summed E-state index contributed by atoms with van der Waals surface area (Å²) in [6.45, 7) is 5.97. The number of hydrogen-bond donors (Lipinski definition) is 3. The zero-order chi connectivity index (χ0) is 25.9. The van der Waals surface area contributed by atoms with E-state index in [2.05, 4.69) is 44.5 Å². The highest BCUT2D eigenvalue weighted by Gasteiger charge is 2.17. The molecule has 0 radical (unpaired) electrons. The van der Waals surface area contributed by atoms with Crippen molar-refractivity contribution in [2.24, 2.45) is 0 Å². The molecule has 37 heavy (non-hydrogen) atoms. The second-order valence-corrected chi connectivity index (χ2v) is 9.13. The van der Waals surface area contributed by atoms with E-state index in [1.807, 2.05) is 49.8 Å². The van der Waals surface area contributed by atoms with Crippen LogP contribution in [0.5, 0.6) is 0 Å². The van der Waals surface area contributed by atoms with E-state index in [1.165, 1.54) is 4.57 Å². The third-order valence-electron chi connectivity index (χ3n) is 6.72. The topological polar surface area (TPSA) is 98.3 Å². The van der Waals surface area contributed by atoms with Crippen molar-refractivity contribution in [1.82, 2.24) is 19.7 Å². The third kappa shape index (κ3) is 4.93. The van der Waals surface area contributed by atoms with E-state index in [-0.39, 0.29) is 11.9 Å². The molecule has 9 heteroatoms. The number of anilines is 3. The van der Waals surface area contributed by atoms with Crippen molar-refractivity contribution in [1.29, 1.82) is 0 Å². The summed E-state index contributed by atoms with van der Waals surface area (Å²) in [5.74, 6) is 0.108. The maximum absolute atomic E-state index is 13.1. The van der Waals surface area contributed by atoms with E-state index in [0.29, 0.717) is 22.3 Å². The third-order valence-corrected chi connectivity index (χ3v) is 6.72. The molecule has 0 saturated carbocycles. The second kappa shape index (κ2) is 10.2. The minimum atomic E-state index is -0.272. The van der Waals surface area contributed by atoms with Gasteiger partial charge in [0.15, 0.2) is 5.82 Å². The van der Waals surface area contributed by atoms with Gasteiger partial charge in [-0.1, -0.05) is 32.0 Å². The number of aryl methyl sites for hydroxylation is 2. The van der Waals surface area contributed by atoms with Gasteiger partial charge in [0.2, 0.25) is 0 Å². The highest BCUT2D eigenvalue weighted by Crippen LogP contribution is 2.25. The first kappa shape index (κ1) is 24.2. The summed E-state index contributed by atoms with van der Waals surface area (Å²) in [6, 6.07) is 13.3. The van der Waals surface area contributed by atoms with Gasteiger partial charge >= 0.3 is 6.03 Å². The van der Waals surface area contributed by atoms with Gasteiger partial charge in [0.05, 0.1) is 10.9 Å². The van der Waals surface area contributed by atoms with Gasteiger partial charge in [-0.3, -0.25) is 14.5 Å². The number of carbonyl (C=O) groups is 2. The number of hydrogen-bond acceptors (Lipinski definition) is 5. The molecule has 9 nitrogen and oxygen atoms in total. The Morgan fingerprint density at radius 1 is 0.946 bits per heavy atom. The fourth-order valence-electron chi connectivity index (χ4n) is 4.50. The lowest BCUT2D eigenvalue weighted by Gasteiger charge is -2.28. The number of fused-ring (bicyclic) bond motifs is 1. The van der Waals surface area contributed by atoms with Gasteiger partial charge in [-0.2, -0.15) is 5.10 Å². The van der Waals surface area contributed by atoms with E-state index in [9.17, 15) is 9.59 Å². The van der Waals surface area contributed by atoms with Crippen molar-refractivity contribution in [2.75, 3.05) is 35.7 Å². The lowest BCUT2D eigenvalue weighted by atomic mass is 10.0. The lowest BCUT2D eigenvalue weighted by Crippen LogP contribution is -2.32. The molecule has 0 spiro atoms. The van der Waals surface area contributed by atoms with Gasteiger partial charge in [-0.25, -0.2) is 4.79 Å². The van der Waals surface area contributed by atoms with Gasteiger partial charge in [0.1, 0.15) is 0 Å². The van der Waals surface area contributed by atoms with Crippen molar-refractivity contribution in [2.45, 2.75) is 26.7 Å². The molecule has 190 valence electrons. The van der Waals surface area contributed by atoms with Gasteiger partial charge in [0, 0.05) is 61.9 Å². The molecule has 0 aliphatic carbocycles. The average Bonchev–Trinajstić information content (AvgIpc) is 3.51. The first-order chi connectivity index (χ1) is 18.0. The van der Waals surface area contributed by atoms with Crippen molar-refractivity contribution in [3.8, 4) is 0 Å². The number of para-hydroxylation sites is 1. The fraction of sp³-hybridized carbons (Fsp3) is 0.250. The van der Waals surface area contributed by atoms with Crippen LogP contribution in [-0.4, -0.2) is 51.7 Å². The maximum Gasteiger partial charge on any atom is 0.330 e. The molecule has 0 fully saturated rings. The summed E-state index contributed by atoms with van der Waals surface area (Å²) in [7, 11) is 2.04. The molecule has 0 bridgehead atoms. The molecule has 2 aromatic heterocycles. The van der Waals surface area contributed by atoms with Crippen LogP contribution in [0.15, 0.2) is 67.3 Å². The number of benzene rings is 2. The monoisotopic (exact) mass is 497 g/mol. The second-order valence-electron chi connectivity index (χ2n) is 9.13. The number of amides is 2. The summed E-state index contributed by atoms with van der Waals surface area (Å²) in [5.41, 5.74) is 5.25. The fourth-order valence-corrected chi connectivity index (χ4v) is 4.50. The number of nitrogens with one attached hydrogen (secondary N) is 3. The number of H-pyrrole nitrogens is 1. The van der Waals surface area contributed by atoms with Gasteiger partial charge in [-0.15, -0.1) is 0 Å². The number of rotatable bonds is 6. The summed E-state index contributed by atoms with van der Waals surface area (Å²) >= 11 is 0. The minimum Gasteiger partial charge on any atom is -0.377 e. The largest absolute Gasteiger partial charge is 0.377 e. The van der Waals surface area contributed by atoms with Crippen LogP contribution in [0, 0.1) is 0 Å². The standard InChI is InChI=1S/C28H31N7O2/c1-4-19-7-6-8-20(5-2)25(19)29-28(37)35-17-23-24(18-35)31-32-26(23)30-27(36)21-9-11-22(12-10-21)34-15-13-33(3)14-16-34/h6-13,15,17-18,31H,4-5,14,16H2,1-3H3,(H,29,37)(H,30,32,36). The number of likely N-dealkylation sites (N-methyl/N-ethyl adjacent to an activating group) is 1. The van der Waals surface area contributed by atoms with Gasteiger partial charge in [-0.05, 0) is 48.2 Å². The Hall–Kier alpha value is -4.53. The van der Waals surface area contributed by atoms with Crippen LogP contribution in [-0.2, 0) is 12.8 Å². The Kier molecular flexibility index (Phi) is 6.68. The molecule has 0 atom stereocenters. The first-order valence-corrected chi connectivity index (χ1v) is 12.5. The van der Waals surface area contributed by atoms with E-state index < -0.39 is 0 Å². The van der Waals surface area contributed by atoms with Crippen LogP contribution in [0.4, 0.5) is 22.0 Å². The van der Waals surface area contributed by atoms with E-state index in [1.54, 1.807) is 24.5 Å². The van der Waals surface area contributed by atoms with Gasteiger partial charge < -0.3 is 20.4 Å². The average molecular weight is 498 g/mol.